The Bertz CT molecular complexity index is 528. The van der Waals surface area contributed by atoms with Crippen molar-refractivity contribution in [3.05, 3.63) is 28.8 Å². The van der Waals surface area contributed by atoms with Crippen molar-refractivity contribution in [2.75, 3.05) is 18.8 Å². The molecule has 16 heavy (non-hydrogen) atoms. The molecule has 0 bridgehead atoms. The number of nitrogens with zero attached hydrogens (tertiary/aromatic N) is 2. The Morgan fingerprint density at radius 1 is 1.50 bits per heavy atom. The molecule has 1 saturated heterocycles. The van der Waals surface area contributed by atoms with E-state index in [1.54, 1.807) is 0 Å². The van der Waals surface area contributed by atoms with Gasteiger partial charge in [-0.3, -0.25) is 0 Å². The van der Waals surface area contributed by atoms with Crippen molar-refractivity contribution in [3.8, 4) is 0 Å². The summed E-state index contributed by atoms with van der Waals surface area (Å²) in [7, 11) is 0. The third-order valence-corrected chi connectivity index (χ3v) is 3.65. The predicted octanol–water partition coefficient (Wildman–Crippen LogP) is 1.76. The van der Waals surface area contributed by atoms with Gasteiger partial charge in [0.1, 0.15) is 10.4 Å². The zero-order valence-electron chi connectivity index (χ0n) is 8.78. The molecule has 1 aliphatic rings. The molecule has 1 fully saturated rings. The van der Waals surface area contributed by atoms with E-state index in [4.69, 9.17) is 5.73 Å². The van der Waals surface area contributed by atoms with Gasteiger partial charge < -0.3 is 15.5 Å². The standard InChI is InChI=1S/C11H13BrN4/c12-10-9-2-1-8(13)6-16(9)11(15-10)7-3-4-14-5-7/h1-2,6-7,14H,3-5,13H2. The largest absolute Gasteiger partial charge is 0.398 e. The Kier molecular flexibility index (Phi) is 2.37. The Labute approximate surface area is 102 Å². The average Bonchev–Trinajstić information content (AvgIpc) is 2.86. The first-order chi connectivity index (χ1) is 7.75. The molecule has 1 unspecified atom stereocenters. The number of fused-ring (bicyclic) bond motifs is 1. The smallest absolute Gasteiger partial charge is 0.132 e. The van der Waals surface area contributed by atoms with Crippen LogP contribution in [-0.2, 0) is 0 Å². The van der Waals surface area contributed by atoms with Crippen molar-refractivity contribution in [2.24, 2.45) is 0 Å². The minimum absolute atomic E-state index is 0.487. The summed E-state index contributed by atoms with van der Waals surface area (Å²) in [5.74, 6) is 1.58. The highest BCUT2D eigenvalue weighted by Crippen LogP contribution is 2.27. The molecule has 2 aromatic heterocycles. The number of halogens is 1. The molecule has 4 nitrogen and oxygen atoms in total. The molecule has 1 atom stereocenters. The minimum atomic E-state index is 0.487. The van der Waals surface area contributed by atoms with Crippen molar-refractivity contribution in [2.45, 2.75) is 12.3 Å². The summed E-state index contributed by atoms with van der Waals surface area (Å²) in [6.45, 7) is 2.07. The summed E-state index contributed by atoms with van der Waals surface area (Å²) in [6, 6.07) is 3.90. The van der Waals surface area contributed by atoms with E-state index in [9.17, 15) is 0 Å². The van der Waals surface area contributed by atoms with Crippen molar-refractivity contribution >= 4 is 27.1 Å². The second kappa shape index (κ2) is 3.75. The molecule has 3 heterocycles. The second-order valence-electron chi connectivity index (χ2n) is 4.17. The molecule has 0 radical (unpaired) electrons. The van der Waals surface area contributed by atoms with Crippen LogP contribution in [0.3, 0.4) is 0 Å². The minimum Gasteiger partial charge on any atom is -0.398 e. The van der Waals surface area contributed by atoms with E-state index in [0.717, 1.165) is 41.1 Å². The first-order valence-corrected chi connectivity index (χ1v) is 6.18. The van der Waals surface area contributed by atoms with E-state index in [1.165, 1.54) is 0 Å². The van der Waals surface area contributed by atoms with E-state index in [-0.39, 0.29) is 0 Å². The monoisotopic (exact) mass is 280 g/mol. The number of hydrogen-bond acceptors (Lipinski definition) is 3. The maximum atomic E-state index is 5.82. The molecule has 1 aliphatic heterocycles. The van der Waals surface area contributed by atoms with Gasteiger partial charge in [-0.15, -0.1) is 0 Å². The van der Waals surface area contributed by atoms with Crippen LogP contribution in [0.5, 0.6) is 0 Å². The van der Waals surface area contributed by atoms with Crippen LogP contribution < -0.4 is 11.1 Å². The number of hydrogen-bond donors (Lipinski definition) is 2. The van der Waals surface area contributed by atoms with E-state index >= 15 is 0 Å². The third kappa shape index (κ3) is 1.51. The molecule has 0 spiro atoms. The lowest BCUT2D eigenvalue weighted by Crippen LogP contribution is -2.10. The third-order valence-electron chi connectivity index (χ3n) is 3.07. The van der Waals surface area contributed by atoms with Crippen molar-refractivity contribution in [1.82, 2.24) is 14.7 Å². The van der Waals surface area contributed by atoms with Gasteiger partial charge in [-0.1, -0.05) is 0 Å². The van der Waals surface area contributed by atoms with E-state index < -0.39 is 0 Å². The lowest BCUT2D eigenvalue weighted by Gasteiger charge is -2.07. The number of aromatic nitrogens is 2. The lowest BCUT2D eigenvalue weighted by molar-refractivity contribution is 0.698. The number of nitrogen functional groups attached to an aromatic ring is 1. The van der Waals surface area contributed by atoms with Gasteiger partial charge in [0.15, 0.2) is 0 Å². The molecule has 3 N–H and O–H groups in total. The highest BCUT2D eigenvalue weighted by molar-refractivity contribution is 9.10. The van der Waals surface area contributed by atoms with Crippen LogP contribution in [-0.4, -0.2) is 22.5 Å². The Balaban J connectivity index is 2.19. The van der Waals surface area contributed by atoms with Gasteiger partial charge in [-0.05, 0) is 41.0 Å². The number of rotatable bonds is 1. The Hall–Kier alpha value is -1.07. The maximum absolute atomic E-state index is 5.82. The molecule has 0 amide bonds. The highest BCUT2D eigenvalue weighted by Gasteiger charge is 2.22. The molecule has 3 rings (SSSR count). The number of pyridine rings is 1. The normalized spacial score (nSPS) is 20.7. The highest BCUT2D eigenvalue weighted by atomic mass is 79.9. The SMILES string of the molecule is Nc1ccc2c(Br)nc(C3CCNC3)n2c1. The van der Waals surface area contributed by atoms with Gasteiger partial charge in [-0.25, -0.2) is 4.98 Å². The number of nitrogens with one attached hydrogen (secondary N) is 1. The summed E-state index contributed by atoms with van der Waals surface area (Å²) in [5, 5.41) is 3.36. The van der Waals surface area contributed by atoms with Gasteiger partial charge in [0.2, 0.25) is 0 Å². The Morgan fingerprint density at radius 3 is 3.12 bits per heavy atom. The van der Waals surface area contributed by atoms with Gasteiger partial charge in [0.25, 0.3) is 0 Å². The number of nitrogens with two attached hydrogens (primary N) is 1. The summed E-state index contributed by atoms with van der Waals surface area (Å²) in [5.41, 5.74) is 7.67. The van der Waals surface area contributed by atoms with Gasteiger partial charge in [-0.2, -0.15) is 0 Å². The molecule has 0 saturated carbocycles. The quantitative estimate of drug-likeness (QED) is 0.837. The summed E-state index contributed by atoms with van der Waals surface area (Å²) in [6.07, 6.45) is 3.08. The number of anilines is 1. The zero-order chi connectivity index (χ0) is 11.1. The molecule has 5 heteroatoms. The molecule has 84 valence electrons. The van der Waals surface area contributed by atoms with Gasteiger partial charge >= 0.3 is 0 Å². The van der Waals surface area contributed by atoms with E-state index in [2.05, 4.69) is 30.6 Å². The summed E-state index contributed by atoms with van der Waals surface area (Å²) < 4.78 is 2.99. The van der Waals surface area contributed by atoms with E-state index in [1.807, 2.05) is 18.3 Å². The summed E-state index contributed by atoms with van der Waals surface area (Å²) >= 11 is 3.50. The summed E-state index contributed by atoms with van der Waals surface area (Å²) in [4.78, 5) is 4.60. The molecule has 0 aliphatic carbocycles. The van der Waals surface area contributed by atoms with Gasteiger partial charge in [0, 0.05) is 24.3 Å². The van der Waals surface area contributed by atoms with Crippen molar-refractivity contribution < 1.29 is 0 Å². The first kappa shape index (κ1) is 10.1. The molecule has 0 aromatic carbocycles. The van der Waals surface area contributed by atoms with Crippen LogP contribution >= 0.6 is 15.9 Å². The second-order valence-corrected chi connectivity index (χ2v) is 4.92. The van der Waals surface area contributed by atoms with Crippen LogP contribution in [0.4, 0.5) is 5.69 Å². The lowest BCUT2D eigenvalue weighted by atomic mass is 10.1. The van der Waals surface area contributed by atoms with Crippen LogP contribution in [0.25, 0.3) is 5.52 Å². The maximum Gasteiger partial charge on any atom is 0.132 e. The fraction of sp³-hybridized carbons (Fsp3) is 0.364. The van der Waals surface area contributed by atoms with Crippen LogP contribution in [0.2, 0.25) is 0 Å². The molecule has 2 aromatic rings. The van der Waals surface area contributed by atoms with Crippen LogP contribution in [0, 0.1) is 0 Å². The molecular formula is C11H13BrN4. The average molecular weight is 281 g/mol. The fourth-order valence-electron chi connectivity index (χ4n) is 2.25. The Morgan fingerprint density at radius 2 is 2.38 bits per heavy atom. The fourth-order valence-corrected chi connectivity index (χ4v) is 2.75. The van der Waals surface area contributed by atoms with E-state index in [0.29, 0.717) is 5.92 Å². The first-order valence-electron chi connectivity index (χ1n) is 5.39. The van der Waals surface area contributed by atoms with Crippen LogP contribution in [0.15, 0.2) is 22.9 Å². The van der Waals surface area contributed by atoms with Crippen molar-refractivity contribution in [1.29, 1.82) is 0 Å². The van der Waals surface area contributed by atoms with Gasteiger partial charge in [0.05, 0.1) is 5.52 Å². The topological polar surface area (TPSA) is 55.3 Å². The van der Waals surface area contributed by atoms with Crippen LogP contribution in [0.1, 0.15) is 18.2 Å². The predicted molar refractivity (Wildman–Crippen MR) is 67.5 cm³/mol. The zero-order valence-corrected chi connectivity index (χ0v) is 10.4. The molecular weight excluding hydrogens is 268 g/mol. The van der Waals surface area contributed by atoms with Crippen molar-refractivity contribution in [3.63, 3.8) is 0 Å². The number of imidazole rings is 1.